The molecule has 0 radical (unpaired) electrons. The van der Waals surface area contributed by atoms with Crippen molar-refractivity contribution in [2.45, 2.75) is 9.92 Å². The zero-order valence-electron chi connectivity index (χ0n) is 8.91. The number of pyridine rings is 1. The summed E-state index contributed by atoms with van der Waals surface area (Å²) >= 11 is 6.69. The van der Waals surface area contributed by atoms with Crippen LogP contribution in [0.4, 0.5) is 5.69 Å². The van der Waals surface area contributed by atoms with E-state index >= 15 is 0 Å². The van der Waals surface area contributed by atoms with Gasteiger partial charge >= 0.3 is 5.69 Å². The van der Waals surface area contributed by atoms with Gasteiger partial charge in [0.05, 0.1) is 14.8 Å². The van der Waals surface area contributed by atoms with E-state index in [0.717, 1.165) is 11.8 Å². The highest BCUT2D eigenvalue weighted by Gasteiger charge is 2.18. The van der Waals surface area contributed by atoms with E-state index in [9.17, 15) is 15.2 Å². The summed E-state index contributed by atoms with van der Waals surface area (Å²) in [6.07, 6.45) is 1.33. The number of aromatic hydroxyl groups is 1. The SMILES string of the molecule is O=[N+]([O-])c1cc(Cl)cnc1Sc1ccccc1O. The Balaban J connectivity index is 2.41. The molecule has 18 heavy (non-hydrogen) atoms. The molecule has 1 aromatic carbocycles. The Bertz CT molecular complexity index is 607. The van der Waals surface area contributed by atoms with Gasteiger partial charge in [0.2, 0.25) is 0 Å². The van der Waals surface area contributed by atoms with Crippen molar-refractivity contribution in [3.8, 4) is 5.75 Å². The molecular weight excluding hydrogens is 276 g/mol. The summed E-state index contributed by atoms with van der Waals surface area (Å²) in [6, 6.07) is 7.79. The van der Waals surface area contributed by atoms with Crippen molar-refractivity contribution in [1.82, 2.24) is 4.98 Å². The molecule has 0 saturated heterocycles. The van der Waals surface area contributed by atoms with Crippen molar-refractivity contribution < 1.29 is 10.0 Å². The van der Waals surface area contributed by atoms with Crippen molar-refractivity contribution in [3.63, 3.8) is 0 Å². The van der Waals surface area contributed by atoms with E-state index in [0.29, 0.717) is 4.90 Å². The molecule has 2 aromatic rings. The highest BCUT2D eigenvalue weighted by atomic mass is 35.5. The van der Waals surface area contributed by atoms with Crippen LogP contribution in [0.5, 0.6) is 5.75 Å². The van der Waals surface area contributed by atoms with Crippen LogP contribution in [0.1, 0.15) is 0 Å². The van der Waals surface area contributed by atoms with E-state index in [1.807, 2.05) is 0 Å². The Kier molecular flexibility index (Phi) is 3.69. The summed E-state index contributed by atoms with van der Waals surface area (Å²) in [5.41, 5.74) is -0.184. The van der Waals surface area contributed by atoms with Crippen molar-refractivity contribution in [2.75, 3.05) is 0 Å². The quantitative estimate of drug-likeness (QED) is 0.689. The van der Waals surface area contributed by atoms with E-state index < -0.39 is 4.92 Å². The number of halogens is 1. The molecular formula is C11H7ClN2O3S. The number of para-hydroxylation sites is 1. The van der Waals surface area contributed by atoms with Gasteiger partial charge in [-0.3, -0.25) is 10.1 Å². The van der Waals surface area contributed by atoms with Crippen LogP contribution in [-0.4, -0.2) is 15.0 Å². The molecule has 0 aliphatic rings. The number of aromatic nitrogens is 1. The molecule has 2 rings (SSSR count). The van der Waals surface area contributed by atoms with Gasteiger partial charge in [-0.15, -0.1) is 0 Å². The summed E-state index contributed by atoms with van der Waals surface area (Å²) in [7, 11) is 0. The highest BCUT2D eigenvalue weighted by Crippen LogP contribution is 2.37. The number of benzene rings is 1. The van der Waals surface area contributed by atoms with Gasteiger partial charge in [-0.2, -0.15) is 0 Å². The second kappa shape index (κ2) is 5.24. The minimum atomic E-state index is -0.554. The number of phenols is 1. The van der Waals surface area contributed by atoms with Crippen molar-refractivity contribution in [1.29, 1.82) is 0 Å². The van der Waals surface area contributed by atoms with Gasteiger partial charge in [0, 0.05) is 12.3 Å². The number of nitro groups is 1. The van der Waals surface area contributed by atoms with E-state index in [4.69, 9.17) is 11.6 Å². The summed E-state index contributed by atoms with van der Waals surface area (Å²) in [6.45, 7) is 0. The van der Waals surface area contributed by atoms with E-state index in [1.165, 1.54) is 18.3 Å². The van der Waals surface area contributed by atoms with E-state index in [1.54, 1.807) is 18.2 Å². The number of phenolic OH excluding ortho intramolecular Hbond substituents is 1. The second-order valence-electron chi connectivity index (χ2n) is 3.30. The molecule has 0 bridgehead atoms. The average molecular weight is 283 g/mol. The van der Waals surface area contributed by atoms with Gasteiger partial charge in [0.15, 0.2) is 5.03 Å². The molecule has 0 fully saturated rings. The van der Waals surface area contributed by atoms with E-state index in [2.05, 4.69) is 4.98 Å². The topological polar surface area (TPSA) is 76.3 Å². The first-order valence-electron chi connectivity index (χ1n) is 4.83. The normalized spacial score (nSPS) is 10.3. The summed E-state index contributed by atoms with van der Waals surface area (Å²) in [5.74, 6) is 0.0496. The number of hydrogen-bond acceptors (Lipinski definition) is 5. The maximum Gasteiger partial charge on any atom is 0.303 e. The standard InChI is InChI=1S/C11H7ClN2O3S/c12-7-5-8(14(16)17)11(13-6-7)18-10-4-2-1-3-9(10)15/h1-6,15H. The smallest absolute Gasteiger partial charge is 0.303 e. The first-order chi connectivity index (χ1) is 8.58. The van der Waals surface area contributed by atoms with Crippen LogP contribution in [0.15, 0.2) is 46.5 Å². The van der Waals surface area contributed by atoms with Gasteiger partial charge in [0.1, 0.15) is 5.75 Å². The number of hydrogen-bond donors (Lipinski definition) is 1. The summed E-state index contributed by atoms with van der Waals surface area (Å²) in [4.78, 5) is 14.7. The van der Waals surface area contributed by atoms with Crippen molar-refractivity contribution in [2.24, 2.45) is 0 Å². The molecule has 5 nitrogen and oxygen atoms in total. The van der Waals surface area contributed by atoms with Crippen LogP contribution in [-0.2, 0) is 0 Å². The lowest BCUT2D eigenvalue weighted by Crippen LogP contribution is -1.93. The van der Waals surface area contributed by atoms with E-state index in [-0.39, 0.29) is 21.5 Å². The van der Waals surface area contributed by atoms with Crippen LogP contribution in [0.25, 0.3) is 0 Å². The van der Waals surface area contributed by atoms with Gasteiger partial charge in [-0.25, -0.2) is 4.98 Å². The van der Waals surface area contributed by atoms with Crippen LogP contribution in [0.2, 0.25) is 5.02 Å². The minimum Gasteiger partial charge on any atom is -0.507 e. The van der Waals surface area contributed by atoms with Crippen LogP contribution >= 0.6 is 23.4 Å². The highest BCUT2D eigenvalue weighted by molar-refractivity contribution is 7.99. The van der Waals surface area contributed by atoms with Crippen LogP contribution < -0.4 is 0 Å². The summed E-state index contributed by atoms with van der Waals surface area (Å²) in [5, 5.41) is 20.9. The lowest BCUT2D eigenvalue weighted by Gasteiger charge is -2.04. The molecule has 92 valence electrons. The molecule has 0 saturated carbocycles. The molecule has 0 spiro atoms. The van der Waals surface area contributed by atoms with Gasteiger partial charge in [-0.1, -0.05) is 35.5 Å². The Morgan fingerprint density at radius 3 is 2.78 bits per heavy atom. The number of nitrogens with zero attached hydrogens (tertiary/aromatic N) is 2. The Morgan fingerprint density at radius 2 is 2.11 bits per heavy atom. The third-order valence-corrected chi connectivity index (χ3v) is 3.35. The zero-order chi connectivity index (χ0) is 13.1. The third-order valence-electron chi connectivity index (χ3n) is 2.07. The Labute approximate surface area is 112 Å². The molecule has 0 atom stereocenters. The van der Waals surface area contributed by atoms with Gasteiger partial charge in [0.25, 0.3) is 0 Å². The predicted molar refractivity (Wildman–Crippen MR) is 68.1 cm³/mol. The maximum atomic E-state index is 10.9. The average Bonchev–Trinajstić information content (AvgIpc) is 2.34. The predicted octanol–water partition coefficient (Wildman–Crippen LogP) is 3.50. The first-order valence-corrected chi connectivity index (χ1v) is 6.03. The second-order valence-corrected chi connectivity index (χ2v) is 4.77. The molecule has 1 N–H and O–H groups in total. The van der Waals surface area contributed by atoms with Crippen molar-refractivity contribution >= 4 is 29.1 Å². The molecule has 0 aliphatic heterocycles. The van der Waals surface area contributed by atoms with Gasteiger partial charge in [-0.05, 0) is 12.1 Å². The molecule has 1 heterocycles. The molecule has 1 aromatic heterocycles. The molecule has 0 unspecified atom stereocenters. The monoisotopic (exact) mass is 282 g/mol. The summed E-state index contributed by atoms with van der Waals surface area (Å²) < 4.78 is 0. The fraction of sp³-hybridized carbons (Fsp3) is 0. The molecule has 7 heteroatoms. The minimum absolute atomic E-state index is 0.0496. The first kappa shape index (κ1) is 12.7. The lowest BCUT2D eigenvalue weighted by atomic mass is 10.3. The molecule has 0 amide bonds. The van der Waals surface area contributed by atoms with Crippen LogP contribution in [0.3, 0.4) is 0 Å². The Hall–Kier alpha value is -1.79. The molecule has 0 aliphatic carbocycles. The zero-order valence-corrected chi connectivity index (χ0v) is 10.5. The fourth-order valence-corrected chi connectivity index (χ4v) is 2.30. The largest absolute Gasteiger partial charge is 0.507 e. The fourth-order valence-electron chi connectivity index (χ4n) is 1.27. The van der Waals surface area contributed by atoms with Crippen molar-refractivity contribution in [3.05, 3.63) is 51.7 Å². The van der Waals surface area contributed by atoms with Crippen LogP contribution in [0, 0.1) is 10.1 Å². The lowest BCUT2D eigenvalue weighted by molar-refractivity contribution is -0.388. The maximum absolute atomic E-state index is 10.9. The third kappa shape index (κ3) is 2.72. The Morgan fingerprint density at radius 1 is 1.39 bits per heavy atom. The van der Waals surface area contributed by atoms with Gasteiger partial charge < -0.3 is 5.11 Å². The number of rotatable bonds is 3.